The molecule has 0 aromatic heterocycles. The number of nitrogens with one attached hydrogen (secondary N) is 1. The van der Waals surface area contributed by atoms with Gasteiger partial charge in [0.05, 0.1) is 5.75 Å². The third-order valence-electron chi connectivity index (χ3n) is 2.67. The number of rotatable bonds is 9. The van der Waals surface area contributed by atoms with Crippen molar-refractivity contribution in [1.29, 1.82) is 0 Å². The van der Waals surface area contributed by atoms with Crippen LogP contribution in [0, 0.1) is 0 Å². The Morgan fingerprint density at radius 3 is 2.70 bits per heavy atom. The van der Waals surface area contributed by atoms with Crippen LogP contribution in [0.5, 0.6) is 5.75 Å². The van der Waals surface area contributed by atoms with Gasteiger partial charge in [-0.1, -0.05) is 19.1 Å². The molecule has 6 heteroatoms. The van der Waals surface area contributed by atoms with Crippen LogP contribution in [0.25, 0.3) is 0 Å². The van der Waals surface area contributed by atoms with Crippen LogP contribution in [0.2, 0.25) is 0 Å². The third kappa shape index (κ3) is 6.88. The lowest BCUT2D eigenvalue weighted by Crippen LogP contribution is -2.25. The highest BCUT2D eigenvalue weighted by atomic mass is 32.2. The van der Waals surface area contributed by atoms with Crippen molar-refractivity contribution >= 4 is 10.0 Å². The topological polar surface area (TPSA) is 58.6 Å². The molecule has 0 fully saturated rings. The van der Waals surface area contributed by atoms with Crippen molar-refractivity contribution in [2.24, 2.45) is 0 Å². The molecule has 1 N–H and O–H groups in total. The van der Waals surface area contributed by atoms with Gasteiger partial charge in [-0.15, -0.1) is 0 Å². The number of nitrogens with zero attached hydrogens (tertiary/aromatic N) is 1. The zero-order chi connectivity index (χ0) is 15.0. The summed E-state index contributed by atoms with van der Waals surface area (Å²) < 4.78 is 31.4. The molecule has 0 saturated carbocycles. The summed E-state index contributed by atoms with van der Waals surface area (Å²) in [5.74, 6) is 0.922. The average molecular weight is 300 g/mol. The largest absolute Gasteiger partial charge is 0.492 e. The summed E-state index contributed by atoms with van der Waals surface area (Å²) in [6.07, 6.45) is 0.614. The average Bonchev–Trinajstić information content (AvgIpc) is 2.37. The number of likely N-dealkylation sites (N-methyl/N-ethyl adjacent to an activating group) is 1. The predicted molar refractivity (Wildman–Crippen MR) is 81.4 cm³/mol. The summed E-state index contributed by atoms with van der Waals surface area (Å²) in [4.78, 5) is 2.04. The number of benzene rings is 1. The molecule has 0 atom stereocenters. The molecule has 0 aliphatic rings. The van der Waals surface area contributed by atoms with Gasteiger partial charge in [-0.2, -0.15) is 0 Å². The van der Waals surface area contributed by atoms with Crippen LogP contribution in [-0.4, -0.2) is 46.3 Å². The number of hydrogen-bond acceptors (Lipinski definition) is 4. The van der Waals surface area contributed by atoms with Crippen LogP contribution in [0.4, 0.5) is 0 Å². The maximum atomic E-state index is 11.6. The molecule has 0 radical (unpaired) electrons. The van der Waals surface area contributed by atoms with Gasteiger partial charge in [0.15, 0.2) is 0 Å². The molecular formula is C14H24N2O3S. The first-order valence-corrected chi connectivity index (χ1v) is 8.42. The zero-order valence-electron chi connectivity index (χ0n) is 12.4. The lowest BCUT2D eigenvalue weighted by atomic mass is 10.2. The van der Waals surface area contributed by atoms with Crippen molar-refractivity contribution in [1.82, 2.24) is 9.62 Å². The summed E-state index contributed by atoms with van der Waals surface area (Å²) >= 11 is 0. The minimum absolute atomic E-state index is 0.159. The third-order valence-corrected chi connectivity index (χ3v) is 4.20. The van der Waals surface area contributed by atoms with Crippen molar-refractivity contribution in [3.8, 4) is 5.75 Å². The molecule has 0 aliphatic heterocycles. The van der Waals surface area contributed by atoms with E-state index in [1.807, 2.05) is 50.2 Å². The van der Waals surface area contributed by atoms with Gasteiger partial charge in [0.25, 0.3) is 0 Å². The second-order valence-corrected chi connectivity index (χ2v) is 6.87. The molecule has 0 amide bonds. The first kappa shape index (κ1) is 16.9. The molecule has 0 aliphatic carbocycles. The number of hydrogen-bond donors (Lipinski definition) is 1. The summed E-state index contributed by atoms with van der Waals surface area (Å²) in [5, 5.41) is 0. The minimum Gasteiger partial charge on any atom is -0.492 e. The highest BCUT2D eigenvalue weighted by molar-refractivity contribution is 7.89. The second kappa shape index (κ2) is 8.24. The Morgan fingerprint density at radius 2 is 2.05 bits per heavy atom. The fraction of sp³-hybridized carbons (Fsp3) is 0.571. The van der Waals surface area contributed by atoms with Crippen molar-refractivity contribution in [3.05, 3.63) is 29.8 Å². The summed E-state index contributed by atoms with van der Waals surface area (Å²) in [5.41, 5.74) is 0.895. The van der Waals surface area contributed by atoms with E-state index >= 15 is 0 Å². The van der Waals surface area contributed by atoms with Gasteiger partial charge in [0.1, 0.15) is 12.4 Å². The molecular weight excluding hydrogens is 276 g/mol. The minimum atomic E-state index is -3.17. The van der Waals surface area contributed by atoms with Crippen molar-refractivity contribution in [3.63, 3.8) is 0 Å². The molecule has 0 heterocycles. The lowest BCUT2D eigenvalue weighted by Gasteiger charge is -2.12. The first-order valence-electron chi connectivity index (χ1n) is 6.77. The van der Waals surface area contributed by atoms with Gasteiger partial charge in [-0.3, -0.25) is 0 Å². The van der Waals surface area contributed by atoms with Crippen molar-refractivity contribution in [2.45, 2.75) is 19.9 Å². The Labute approximate surface area is 122 Å². The smallest absolute Gasteiger partial charge is 0.211 e. The molecule has 0 bridgehead atoms. The summed E-state index contributed by atoms with van der Waals surface area (Å²) in [6, 6.07) is 7.49. The Bertz CT molecular complexity index is 501. The number of sulfonamides is 1. The van der Waals surface area contributed by atoms with E-state index in [-0.39, 0.29) is 5.75 Å². The molecule has 0 saturated heterocycles. The van der Waals surface area contributed by atoms with Crippen LogP contribution in [0.1, 0.15) is 18.9 Å². The standard InChI is InChI=1S/C14H24N2O3S/c1-4-10-20(17,18)15-12-13-6-5-7-14(11-13)19-9-8-16(2)3/h5-7,11,15H,4,8-10,12H2,1-3H3. The normalized spacial score (nSPS) is 11.8. The van der Waals surface area contributed by atoms with Crippen molar-refractivity contribution in [2.75, 3.05) is 33.0 Å². The van der Waals surface area contributed by atoms with E-state index in [0.29, 0.717) is 19.6 Å². The molecule has 114 valence electrons. The van der Waals surface area contributed by atoms with Gasteiger partial charge in [-0.05, 0) is 38.2 Å². The Morgan fingerprint density at radius 1 is 1.30 bits per heavy atom. The molecule has 0 unspecified atom stereocenters. The van der Waals surface area contributed by atoms with Gasteiger partial charge in [-0.25, -0.2) is 13.1 Å². The van der Waals surface area contributed by atoms with Crippen LogP contribution < -0.4 is 9.46 Å². The first-order chi connectivity index (χ1) is 9.43. The zero-order valence-corrected chi connectivity index (χ0v) is 13.2. The highest BCUT2D eigenvalue weighted by Gasteiger charge is 2.08. The summed E-state index contributed by atoms with van der Waals surface area (Å²) in [7, 11) is 0.808. The molecule has 1 aromatic rings. The molecule has 1 aromatic carbocycles. The van der Waals surface area contributed by atoms with E-state index in [0.717, 1.165) is 17.9 Å². The van der Waals surface area contributed by atoms with E-state index in [9.17, 15) is 8.42 Å². The van der Waals surface area contributed by atoms with E-state index in [1.54, 1.807) is 0 Å². The van der Waals surface area contributed by atoms with E-state index in [4.69, 9.17) is 4.74 Å². The molecule has 0 spiro atoms. The molecule has 20 heavy (non-hydrogen) atoms. The predicted octanol–water partition coefficient (Wildman–Crippen LogP) is 1.46. The SMILES string of the molecule is CCCS(=O)(=O)NCc1cccc(OCCN(C)C)c1. The van der Waals surface area contributed by atoms with Crippen LogP contribution in [0.3, 0.4) is 0 Å². The van der Waals surface area contributed by atoms with Gasteiger partial charge >= 0.3 is 0 Å². The maximum Gasteiger partial charge on any atom is 0.211 e. The number of ether oxygens (including phenoxy) is 1. The molecule has 1 rings (SSSR count). The monoisotopic (exact) mass is 300 g/mol. The maximum absolute atomic E-state index is 11.6. The van der Waals surface area contributed by atoms with Gasteiger partial charge < -0.3 is 9.64 Å². The van der Waals surface area contributed by atoms with E-state index in [2.05, 4.69) is 4.72 Å². The van der Waals surface area contributed by atoms with Crippen molar-refractivity contribution < 1.29 is 13.2 Å². The van der Waals surface area contributed by atoms with E-state index in [1.165, 1.54) is 0 Å². The van der Waals surface area contributed by atoms with Gasteiger partial charge in [0, 0.05) is 13.1 Å². The quantitative estimate of drug-likeness (QED) is 0.750. The Kier molecular flexibility index (Phi) is 6.98. The highest BCUT2D eigenvalue weighted by Crippen LogP contribution is 2.13. The fourth-order valence-corrected chi connectivity index (χ4v) is 2.69. The van der Waals surface area contributed by atoms with Crippen LogP contribution >= 0.6 is 0 Å². The van der Waals surface area contributed by atoms with Crippen LogP contribution in [0.15, 0.2) is 24.3 Å². The lowest BCUT2D eigenvalue weighted by molar-refractivity contribution is 0.261. The Balaban J connectivity index is 2.51. The van der Waals surface area contributed by atoms with Gasteiger partial charge in [0.2, 0.25) is 10.0 Å². The second-order valence-electron chi connectivity index (χ2n) is 4.94. The molecule has 5 nitrogen and oxygen atoms in total. The van der Waals surface area contributed by atoms with E-state index < -0.39 is 10.0 Å². The Hall–Kier alpha value is -1.11. The van der Waals surface area contributed by atoms with Crippen LogP contribution in [-0.2, 0) is 16.6 Å². The fourth-order valence-electron chi connectivity index (χ4n) is 1.63. The summed E-state index contributed by atoms with van der Waals surface area (Å²) in [6.45, 7) is 3.59.